The molecule has 0 radical (unpaired) electrons. The second-order valence-electron chi connectivity index (χ2n) is 5.33. The van der Waals surface area contributed by atoms with Gasteiger partial charge in [-0.2, -0.15) is 0 Å². The molecule has 1 fully saturated rings. The number of nitrogens with one attached hydrogen (secondary N) is 1. The first-order chi connectivity index (χ1) is 8.26. The number of hydrogen-bond acceptors (Lipinski definition) is 3. The lowest BCUT2D eigenvalue weighted by Gasteiger charge is -2.30. The van der Waals surface area contributed by atoms with E-state index in [0.717, 1.165) is 38.7 Å². The van der Waals surface area contributed by atoms with Crippen LogP contribution in [-0.4, -0.2) is 50.8 Å². The monoisotopic (exact) mass is 242 g/mol. The van der Waals surface area contributed by atoms with E-state index in [9.17, 15) is 0 Å². The van der Waals surface area contributed by atoms with Crippen molar-refractivity contribution in [3.63, 3.8) is 0 Å². The molecule has 0 spiro atoms. The van der Waals surface area contributed by atoms with Gasteiger partial charge >= 0.3 is 0 Å². The van der Waals surface area contributed by atoms with Gasteiger partial charge in [-0.05, 0) is 25.9 Å². The van der Waals surface area contributed by atoms with Crippen LogP contribution in [-0.2, 0) is 4.74 Å². The summed E-state index contributed by atoms with van der Waals surface area (Å²) in [4.78, 5) is 2.35. The molecule has 1 aliphatic heterocycles. The molecule has 1 aliphatic rings. The molecule has 1 rings (SSSR count). The highest BCUT2D eigenvalue weighted by molar-refractivity contribution is 4.72. The molecule has 0 bridgehead atoms. The van der Waals surface area contributed by atoms with Crippen molar-refractivity contribution in [3.05, 3.63) is 0 Å². The number of ether oxygens (including phenoxy) is 1. The fraction of sp³-hybridized carbons (Fsp3) is 1.00. The van der Waals surface area contributed by atoms with Gasteiger partial charge in [0, 0.05) is 19.6 Å². The molecule has 1 heterocycles. The van der Waals surface area contributed by atoms with Crippen LogP contribution in [0.5, 0.6) is 0 Å². The molecule has 0 amide bonds. The zero-order chi connectivity index (χ0) is 12.5. The van der Waals surface area contributed by atoms with Crippen LogP contribution in [0.4, 0.5) is 0 Å². The lowest BCUT2D eigenvalue weighted by Crippen LogP contribution is -2.45. The number of unbranched alkanes of at least 4 members (excludes halogenated alkanes) is 1. The first-order valence-corrected chi connectivity index (χ1v) is 7.27. The Bertz CT molecular complexity index is 187. The van der Waals surface area contributed by atoms with Crippen LogP contribution in [0, 0.1) is 5.92 Å². The first kappa shape index (κ1) is 14.9. The Morgan fingerprint density at radius 2 is 2.24 bits per heavy atom. The topological polar surface area (TPSA) is 24.5 Å². The minimum atomic E-state index is 0.387. The summed E-state index contributed by atoms with van der Waals surface area (Å²) < 4.78 is 5.74. The van der Waals surface area contributed by atoms with Crippen LogP contribution in [0.1, 0.15) is 39.5 Å². The molecule has 2 unspecified atom stereocenters. The molecule has 0 aromatic heterocycles. The van der Waals surface area contributed by atoms with Gasteiger partial charge in [-0.15, -0.1) is 0 Å². The Morgan fingerprint density at radius 1 is 1.41 bits per heavy atom. The maximum absolute atomic E-state index is 5.74. The summed E-state index contributed by atoms with van der Waals surface area (Å²) in [6.07, 6.45) is 5.72. The number of morpholine rings is 1. The van der Waals surface area contributed by atoms with E-state index in [-0.39, 0.29) is 0 Å². The van der Waals surface area contributed by atoms with E-state index in [4.69, 9.17) is 4.74 Å². The third-order valence-corrected chi connectivity index (χ3v) is 3.69. The summed E-state index contributed by atoms with van der Waals surface area (Å²) in [5, 5.41) is 3.58. The summed E-state index contributed by atoms with van der Waals surface area (Å²) in [5.74, 6) is 0.844. The summed E-state index contributed by atoms with van der Waals surface area (Å²) in [6, 6.07) is 0. The minimum absolute atomic E-state index is 0.387. The van der Waals surface area contributed by atoms with Gasteiger partial charge < -0.3 is 15.0 Å². The van der Waals surface area contributed by atoms with Crippen LogP contribution in [0.2, 0.25) is 0 Å². The zero-order valence-electron chi connectivity index (χ0n) is 11.9. The van der Waals surface area contributed by atoms with Gasteiger partial charge in [0.15, 0.2) is 0 Å². The summed E-state index contributed by atoms with van der Waals surface area (Å²) in [6.45, 7) is 9.75. The highest BCUT2D eigenvalue weighted by Crippen LogP contribution is 2.11. The maximum Gasteiger partial charge on any atom is 0.0826 e. The standard InChI is InChI=1S/C14H30N2O/c1-4-6-7-13(5-2)10-15-11-14-12-16(3)8-9-17-14/h13-15H,4-12H2,1-3H3. The van der Waals surface area contributed by atoms with Crippen molar-refractivity contribution in [1.82, 2.24) is 10.2 Å². The molecule has 3 nitrogen and oxygen atoms in total. The second-order valence-corrected chi connectivity index (χ2v) is 5.33. The fourth-order valence-electron chi connectivity index (χ4n) is 2.38. The molecular formula is C14H30N2O. The van der Waals surface area contributed by atoms with Crippen LogP contribution in [0.15, 0.2) is 0 Å². The van der Waals surface area contributed by atoms with E-state index in [1.165, 1.54) is 25.7 Å². The molecule has 0 aliphatic carbocycles. The van der Waals surface area contributed by atoms with Gasteiger partial charge in [-0.1, -0.05) is 33.1 Å². The first-order valence-electron chi connectivity index (χ1n) is 7.27. The van der Waals surface area contributed by atoms with E-state index in [1.54, 1.807) is 0 Å². The van der Waals surface area contributed by atoms with Gasteiger partial charge in [-0.25, -0.2) is 0 Å². The Balaban J connectivity index is 2.08. The lowest BCUT2D eigenvalue weighted by atomic mass is 9.99. The maximum atomic E-state index is 5.74. The highest BCUT2D eigenvalue weighted by Gasteiger charge is 2.17. The largest absolute Gasteiger partial charge is 0.374 e. The minimum Gasteiger partial charge on any atom is -0.374 e. The smallest absolute Gasteiger partial charge is 0.0826 e. The van der Waals surface area contributed by atoms with Crippen molar-refractivity contribution in [2.45, 2.75) is 45.6 Å². The van der Waals surface area contributed by atoms with Gasteiger partial charge in [0.2, 0.25) is 0 Å². The van der Waals surface area contributed by atoms with Crippen LogP contribution >= 0.6 is 0 Å². The Morgan fingerprint density at radius 3 is 2.88 bits per heavy atom. The van der Waals surface area contributed by atoms with E-state index in [0.29, 0.717) is 6.10 Å². The lowest BCUT2D eigenvalue weighted by molar-refractivity contribution is -0.0184. The van der Waals surface area contributed by atoms with Crippen molar-refractivity contribution in [2.75, 3.05) is 39.8 Å². The molecule has 2 atom stereocenters. The predicted molar refractivity (Wildman–Crippen MR) is 73.4 cm³/mol. The number of likely N-dealkylation sites (N-methyl/N-ethyl adjacent to an activating group) is 1. The van der Waals surface area contributed by atoms with Crippen molar-refractivity contribution >= 4 is 0 Å². The molecule has 1 saturated heterocycles. The van der Waals surface area contributed by atoms with E-state index in [2.05, 4.69) is 31.1 Å². The summed E-state index contributed by atoms with van der Waals surface area (Å²) in [5.41, 5.74) is 0. The predicted octanol–water partition coefficient (Wildman–Crippen LogP) is 2.12. The molecule has 3 heteroatoms. The molecule has 0 aromatic carbocycles. The van der Waals surface area contributed by atoms with Gasteiger partial charge in [0.05, 0.1) is 12.7 Å². The molecule has 0 saturated carbocycles. The van der Waals surface area contributed by atoms with Gasteiger partial charge in [-0.3, -0.25) is 0 Å². The van der Waals surface area contributed by atoms with Crippen molar-refractivity contribution in [2.24, 2.45) is 5.92 Å². The quantitative estimate of drug-likeness (QED) is 0.705. The molecule has 17 heavy (non-hydrogen) atoms. The number of rotatable bonds is 8. The Hall–Kier alpha value is -0.120. The normalized spacial score (nSPS) is 23.8. The van der Waals surface area contributed by atoms with Gasteiger partial charge in [0.25, 0.3) is 0 Å². The van der Waals surface area contributed by atoms with Crippen molar-refractivity contribution < 1.29 is 4.74 Å². The van der Waals surface area contributed by atoms with Gasteiger partial charge in [0.1, 0.15) is 0 Å². The Kier molecular flexibility index (Phi) is 7.82. The molecule has 1 N–H and O–H groups in total. The summed E-state index contributed by atoms with van der Waals surface area (Å²) >= 11 is 0. The Labute approximate surface area is 107 Å². The van der Waals surface area contributed by atoms with Crippen molar-refractivity contribution in [3.8, 4) is 0 Å². The summed E-state index contributed by atoms with van der Waals surface area (Å²) in [7, 11) is 2.17. The van der Waals surface area contributed by atoms with Crippen LogP contribution in [0.25, 0.3) is 0 Å². The zero-order valence-corrected chi connectivity index (χ0v) is 11.9. The van der Waals surface area contributed by atoms with Crippen LogP contribution in [0.3, 0.4) is 0 Å². The number of hydrogen-bond donors (Lipinski definition) is 1. The number of nitrogens with zero attached hydrogens (tertiary/aromatic N) is 1. The van der Waals surface area contributed by atoms with Crippen LogP contribution < -0.4 is 5.32 Å². The molecule has 102 valence electrons. The van der Waals surface area contributed by atoms with Crippen molar-refractivity contribution in [1.29, 1.82) is 0 Å². The average molecular weight is 242 g/mol. The van der Waals surface area contributed by atoms with E-state index < -0.39 is 0 Å². The second kappa shape index (κ2) is 8.90. The third kappa shape index (κ3) is 6.39. The fourth-order valence-corrected chi connectivity index (χ4v) is 2.38. The third-order valence-electron chi connectivity index (χ3n) is 3.69. The molecule has 0 aromatic rings. The molecular weight excluding hydrogens is 212 g/mol. The SMILES string of the molecule is CCCCC(CC)CNCC1CN(C)CCO1. The van der Waals surface area contributed by atoms with E-state index >= 15 is 0 Å². The highest BCUT2D eigenvalue weighted by atomic mass is 16.5. The van der Waals surface area contributed by atoms with E-state index in [1.807, 2.05) is 0 Å². The average Bonchev–Trinajstić information content (AvgIpc) is 2.33.